The maximum atomic E-state index is 11.6. The van der Waals surface area contributed by atoms with Gasteiger partial charge in [0.25, 0.3) is 0 Å². The van der Waals surface area contributed by atoms with Crippen molar-refractivity contribution in [1.29, 1.82) is 0 Å². The van der Waals surface area contributed by atoms with E-state index in [1.165, 1.54) is 24.0 Å². The monoisotopic (exact) mass is 275 g/mol. The van der Waals surface area contributed by atoms with Gasteiger partial charge in [0.05, 0.1) is 7.11 Å². The molecular formula is C17H25NO2. The van der Waals surface area contributed by atoms with E-state index in [1.807, 2.05) is 19.9 Å². The van der Waals surface area contributed by atoms with Gasteiger partial charge in [-0.15, -0.1) is 0 Å². The predicted molar refractivity (Wildman–Crippen MR) is 81.1 cm³/mol. The number of carbonyl (C=O) groups excluding carboxylic acids is 1. The molecule has 110 valence electrons. The number of ether oxygens (including phenoxy) is 1. The zero-order valence-electron chi connectivity index (χ0n) is 12.7. The molecular weight excluding hydrogens is 250 g/mol. The van der Waals surface area contributed by atoms with E-state index in [-0.39, 0.29) is 11.8 Å². The Labute approximate surface area is 121 Å². The van der Waals surface area contributed by atoms with Gasteiger partial charge in [-0.3, -0.25) is 4.79 Å². The van der Waals surface area contributed by atoms with Gasteiger partial charge in [-0.2, -0.15) is 0 Å². The summed E-state index contributed by atoms with van der Waals surface area (Å²) in [6.45, 7) is 4.62. The third-order valence-electron chi connectivity index (χ3n) is 4.11. The Morgan fingerprint density at radius 3 is 2.95 bits per heavy atom. The van der Waals surface area contributed by atoms with Gasteiger partial charge < -0.3 is 10.1 Å². The summed E-state index contributed by atoms with van der Waals surface area (Å²) < 4.78 is 5.33. The minimum atomic E-state index is 0.0636. The van der Waals surface area contributed by atoms with E-state index in [2.05, 4.69) is 17.4 Å². The lowest BCUT2D eigenvalue weighted by atomic mass is 9.81. The van der Waals surface area contributed by atoms with Gasteiger partial charge >= 0.3 is 0 Å². The van der Waals surface area contributed by atoms with Crippen LogP contribution in [0.4, 0.5) is 0 Å². The number of rotatable bonds is 5. The molecule has 1 aliphatic carbocycles. The smallest absolute Gasteiger partial charge is 0.222 e. The number of hydrogen-bond acceptors (Lipinski definition) is 2. The van der Waals surface area contributed by atoms with Crippen LogP contribution in [0, 0.1) is 5.92 Å². The standard InChI is InChI=1S/C17H25NO2/c1-12(2)17(19)18-10-9-14-6-4-5-13-7-8-15(20-3)11-16(13)14/h7-8,11-12,14H,4-6,9-10H2,1-3H3,(H,18,19). The van der Waals surface area contributed by atoms with Crippen molar-refractivity contribution in [2.45, 2.75) is 45.4 Å². The molecule has 1 aliphatic rings. The molecule has 2 rings (SSSR count). The van der Waals surface area contributed by atoms with E-state index in [0.29, 0.717) is 5.92 Å². The van der Waals surface area contributed by atoms with Crippen LogP contribution in [0.3, 0.4) is 0 Å². The second-order valence-electron chi connectivity index (χ2n) is 5.89. The Hall–Kier alpha value is -1.51. The molecule has 0 aliphatic heterocycles. The number of aryl methyl sites for hydroxylation is 1. The van der Waals surface area contributed by atoms with Crippen molar-refractivity contribution in [2.24, 2.45) is 5.92 Å². The summed E-state index contributed by atoms with van der Waals surface area (Å²) in [5.41, 5.74) is 2.85. The number of carbonyl (C=O) groups is 1. The van der Waals surface area contributed by atoms with Crippen LogP contribution in [0.25, 0.3) is 0 Å². The highest BCUT2D eigenvalue weighted by atomic mass is 16.5. The maximum Gasteiger partial charge on any atom is 0.222 e. The average Bonchev–Trinajstić information content (AvgIpc) is 2.46. The molecule has 0 radical (unpaired) electrons. The summed E-state index contributed by atoms with van der Waals surface area (Å²) in [5, 5.41) is 3.02. The molecule has 0 bridgehead atoms. The topological polar surface area (TPSA) is 38.3 Å². The Kier molecular flexibility index (Phi) is 5.05. The molecule has 0 spiro atoms. The van der Waals surface area contributed by atoms with Crippen LogP contribution in [-0.4, -0.2) is 19.6 Å². The van der Waals surface area contributed by atoms with Gasteiger partial charge in [0.15, 0.2) is 0 Å². The van der Waals surface area contributed by atoms with E-state index >= 15 is 0 Å². The van der Waals surface area contributed by atoms with Crippen molar-refractivity contribution in [3.05, 3.63) is 29.3 Å². The molecule has 1 aromatic carbocycles. The lowest BCUT2D eigenvalue weighted by Gasteiger charge is -2.26. The van der Waals surface area contributed by atoms with Crippen molar-refractivity contribution in [1.82, 2.24) is 5.32 Å². The van der Waals surface area contributed by atoms with Crippen LogP contribution in [0.2, 0.25) is 0 Å². The fraction of sp³-hybridized carbons (Fsp3) is 0.588. The van der Waals surface area contributed by atoms with E-state index < -0.39 is 0 Å². The number of amides is 1. The van der Waals surface area contributed by atoms with Crippen LogP contribution < -0.4 is 10.1 Å². The van der Waals surface area contributed by atoms with Gasteiger partial charge in [-0.25, -0.2) is 0 Å². The highest BCUT2D eigenvalue weighted by Crippen LogP contribution is 2.35. The molecule has 0 aromatic heterocycles. The molecule has 1 N–H and O–H groups in total. The second-order valence-corrected chi connectivity index (χ2v) is 5.89. The number of nitrogens with one attached hydrogen (secondary N) is 1. The van der Waals surface area contributed by atoms with Crippen molar-refractivity contribution in [3.8, 4) is 5.75 Å². The third-order valence-corrected chi connectivity index (χ3v) is 4.11. The van der Waals surface area contributed by atoms with Crippen LogP contribution in [-0.2, 0) is 11.2 Å². The van der Waals surface area contributed by atoms with E-state index in [4.69, 9.17) is 4.74 Å². The highest BCUT2D eigenvalue weighted by molar-refractivity contribution is 5.77. The van der Waals surface area contributed by atoms with Gasteiger partial charge in [0.2, 0.25) is 5.91 Å². The molecule has 1 atom stereocenters. The first kappa shape index (κ1) is 14.9. The van der Waals surface area contributed by atoms with Crippen molar-refractivity contribution < 1.29 is 9.53 Å². The summed E-state index contributed by atoms with van der Waals surface area (Å²) in [6, 6.07) is 6.40. The minimum Gasteiger partial charge on any atom is -0.497 e. The zero-order chi connectivity index (χ0) is 14.5. The average molecular weight is 275 g/mol. The quantitative estimate of drug-likeness (QED) is 0.895. The van der Waals surface area contributed by atoms with Gasteiger partial charge in [-0.05, 0) is 54.9 Å². The van der Waals surface area contributed by atoms with Gasteiger partial charge in [0.1, 0.15) is 5.75 Å². The molecule has 0 heterocycles. The normalized spacial score (nSPS) is 17.7. The number of fused-ring (bicyclic) bond motifs is 1. The SMILES string of the molecule is COc1ccc2c(c1)C(CCNC(=O)C(C)C)CCC2. The van der Waals surface area contributed by atoms with E-state index in [9.17, 15) is 4.79 Å². The summed E-state index contributed by atoms with van der Waals surface area (Å²) in [6.07, 6.45) is 4.62. The molecule has 1 aromatic rings. The van der Waals surface area contributed by atoms with Crippen LogP contribution >= 0.6 is 0 Å². The number of methoxy groups -OCH3 is 1. The highest BCUT2D eigenvalue weighted by Gasteiger charge is 2.20. The molecule has 1 amide bonds. The Bertz CT molecular complexity index is 468. The van der Waals surface area contributed by atoms with Crippen LogP contribution in [0.1, 0.15) is 50.2 Å². The van der Waals surface area contributed by atoms with Crippen LogP contribution in [0.5, 0.6) is 5.75 Å². The molecule has 3 heteroatoms. The molecule has 0 saturated heterocycles. The van der Waals surface area contributed by atoms with E-state index in [1.54, 1.807) is 7.11 Å². The molecule has 1 unspecified atom stereocenters. The summed E-state index contributed by atoms with van der Waals surface area (Å²) in [7, 11) is 1.71. The first-order valence-electron chi connectivity index (χ1n) is 7.56. The Morgan fingerprint density at radius 2 is 2.25 bits per heavy atom. The van der Waals surface area contributed by atoms with E-state index in [0.717, 1.165) is 25.1 Å². The first-order chi connectivity index (χ1) is 9.61. The lowest BCUT2D eigenvalue weighted by Crippen LogP contribution is -2.29. The molecule has 20 heavy (non-hydrogen) atoms. The van der Waals surface area contributed by atoms with Crippen molar-refractivity contribution in [2.75, 3.05) is 13.7 Å². The molecule has 3 nitrogen and oxygen atoms in total. The third kappa shape index (κ3) is 3.53. The maximum absolute atomic E-state index is 11.6. The van der Waals surface area contributed by atoms with Gasteiger partial charge in [-0.1, -0.05) is 19.9 Å². The molecule has 0 saturated carbocycles. The van der Waals surface area contributed by atoms with Crippen molar-refractivity contribution >= 4 is 5.91 Å². The predicted octanol–water partition coefficient (Wildman–Crippen LogP) is 3.28. The Balaban J connectivity index is 1.99. The number of benzene rings is 1. The second kappa shape index (κ2) is 6.78. The lowest BCUT2D eigenvalue weighted by molar-refractivity contribution is -0.123. The number of hydrogen-bond donors (Lipinski definition) is 1. The van der Waals surface area contributed by atoms with Gasteiger partial charge in [0, 0.05) is 12.5 Å². The fourth-order valence-corrected chi connectivity index (χ4v) is 2.88. The largest absolute Gasteiger partial charge is 0.497 e. The summed E-state index contributed by atoms with van der Waals surface area (Å²) in [4.78, 5) is 11.6. The minimum absolute atomic E-state index is 0.0636. The Morgan fingerprint density at radius 1 is 1.45 bits per heavy atom. The summed E-state index contributed by atoms with van der Waals surface area (Å²) in [5.74, 6) is 1.68. The molecule has 0 fully saturated rings. The fourth-order valence-electron chi connectivity index (χ4n) is 2.88. The zero-order valence-corrected chi connectivity index (χ0v) is 12.7. The summed E-state index contributed by atoms with van der Waals surface area (Å²) >= 11 is 0. The first-order valence-corrected chi connectivity index (χ1v) is 7.56. The van der Waals surface area contributed by atoms with Crippen LogP contribution in [0.15, 0.2) is 18.2 Å². The van der Waals surface area contributed by atoms with Crippen molar-refractivity contribution in [3.63, 3.8) is 0 Å².